The number of benzene rings is 1. The summed E-state index contributed by atoms with van der Waals surface area (Å²) in [4.78, 5) is 0. The molecule has 2 aliphatic rings. The van der Waals surface area contributed by atoms with Crippen LogP contribution in [0.4, 0.5) is 0 Å². The van der Waals surface area contributed by atoms with Crippen molar-refractivity contribution < 1.29 is 9.31 Å². The zero-order valence-corrected chi connectivity index (χ0v) is 13.3. The first-order chi connectivity index (χ1) is 9.30. The number of hydrogen-bond donors (Lipinski definition) is 0. The van der Waals surface area contributed by atoms with Crippen LogP contribution in [0.15, 0.2) is 18.2 Å². The van der Waals surface area contributed by atoms with Crippen molar-refractivity contribution in [2.75, 3.05) is 0 Å². The minimum Gasteiger partial charge on any atom is -0.399 e. The molecular formula is C17H25BO2. The quantitative estimate of drug-likeness (QED) is 0.786. The lowest BCUT2D eigenvalue weighted by Crippen LogP contribution is -2.41. The number of hydrogen-bond acceptors (Lipinski definition) is 2. The molecule has 0 atom stereocenters. The van der Waals surface area contributed by atoms with E-state index in [1.807, 2.05) is 0 Å². The molecule has 0 unspecified atom stereocenters. The van der Waals surface area contributed by atoms with Crippen LogP contribution in [0.3, 0.4) is 0 Å². The van der Waals surface area contributed by atoms with Gasteiger partial charge in [-0.15, -0.1) is 0 Å². The average Bonchev–Trinajstić information content (AvgIpc) is 3.07. The van der Waals surface area contributed by atoms with E-state index in [1.165, 1.54) is 35.9 Å². The van der Waals surface area contributed by atoms with Gasteiger partial charge in [-0.25, -0.2) is 0 Å². The minimum atomic E-state index is -0.267. The van der Waals surface area contributed by atoms with E-state index in [-0.39, 0.29) is 18.3 Å². The first-order valence-electron chi connectivity index (χ1n) is 7.74. The lowest BCUT2D eigenvalue weighted by Gasteiger charge is -2.32. The molecule has 3 rings (SSSR count). The third kappa shape index (κ3) is 2.42. The van der Waals surface area contributed by atoms with Gasteiger partial charge in [0, 0.05) is 0 Å². The molecule has 1 aromatic carbocycles. The fourth-order valence-corrected chi connectivity index (χ4v) is 2.85. The van der Waals surface area contributed by atoms with E-state index in [9.17, 15) is 0 Å². The van der Waals surface area contributed by atoms with Crippen LogP contribution in [-0.2, 0) is 15.7 Å². The molecule has 1 heterocycles. The highest BCUT2D eigenvalue weighted by Crippen LogP contribution is 2.38. The number of aryl methyl sites for hydroxylation is 1. The Kier molecular flexibility index (Phi) is 3.26. The van der Waals surface area contributed by atoms with Crippen LogP contribution in [0.2, 0.25) is 0 Å². The van der Waals surface area contributed by atoms with Gasteiger partial charge in [0.1, 0.15) is 0 Å². The molecule has 0 amide bonds. The Hall–Kier alpha value is -0.795. The molecule has 3 heteroatoms. The van der Waals surface area contributed by atoms with Gasteiger partial charge in [0.25, 0.3) is 0 Å². The van der Waals surface area contributed by atoms with E-state index in [4.69, 9.17) is 9.31 Å². The first kappa shape index (κ1) is 14.2. The second-order valence-electron chi connectivity index (χ2n) is 7.38. The highest BCUT2D eigenvalue weighted by Gasteiger charge is 2.52. The van der Waals surface area contributed by atoms with Gasteiger partial charge < -0.3 is 9.31 Å². The predicted octanol–water partition coefficient (Wildman–Crippen LogP) is 3.25. The highest BCUT2D eigenvalue weighted by molar-refractivity contribution is 6.63. The van der Waals surface area contributed by atoms with E-state index in [0.29, 0.717) is 0 Å². The standard InChI is InChI=1S/C17H25BO2/c1-12-7-6-8-14(11-13-9-10-13)15(12)18-19-16(2,3)17(4,5)20-18/h6-8,13H,9-11H2,1-5H3. The van der Waals surface area contributed by atoms with Crippen molar-refractivity contribution in [3.05, 3.63) is 29.3 Å². The summed E-state index contributed by atoms with van der Waals surface area (Å²) in [6.45, 7) is 10.6. The maximum atomic E-state index is 6.25. The Balaban J connectivity index is 1.94. The summed E-state index contributed by atoms with van der Waals surface area (Å²) in [7, 11) is -0.227. The van der Waals surface area contributed by atoms with Crippen LogP contribution in [0, 0.1) is 12.8 Å². The van der Waals surface area contributed by atoms with Crippen molar-refractivity contribution >= 4 is 12.6 Å². The molecule has 1 saturated carbocycles. The van der Waals surface area contributed by atoms with Crippen LogP contribution in [0.25, 0.3) is 0 Å². The Labute approximate surface area is 123 Å². The minimum absolute atomic E-state index is 0.227. The summed E-state index contributed by atoms with van der Waals surface area (Å²) in [6, 6.07) is 6.56. The summed E-state index contributed by atoms with van der Waals surface area (Å²) in [6.07, 6.45) is 3.91. The number of rotatable bonds is 3. The predicted molar refractivity (Wildman–Crippen MR) is 83.3 cm³/mol. The summed E-state index contributed by atoms with van der Waals surface area (Å²) in [5.41, 5.74) is 3.42. The smallest absolute Gasteiger partial charge is 0.399 e. The Morgan fingerprint density at radius 1 is 1.10 bits per heavy atom. The molecule has 108 valence electrons. The third-order valence-corrected chi connectivity index (χ3v) is 5.11. The van der Waals surface area contributed by atoms with E-state index in [1.54, 1.807) is 0 Å². The van der Waals surface area contributed by atoms with Crippen molar-refractivity contribution in [2.24, 2.45) is 5.92 Å². The summed E-state index contributed by atoms with van der Waals surface area (Å²) >= 11 is 0. The normalized spacial score (nSPS) is 24.1. The van der Waals surface area contributed by atoms with Crippen molar-refractivity contribution in [1.82, 2.24) is 0 Å². The SMILES string of the molecule is Cc1cccc(CC2CC2)c1B1OC(C)(C)C(C)(C)O1. The van der Waals surface area contributed by atoms with Gasteiger partial charge in [-0.2, -0.15) is 0 Å². The van der Waals surface area contributed by atoms with Crippen molar-refractivity contribution in [2.45, 2.75) is 65.1 Å². The molecule has 1 aromatic rings. The summed E-state index contributed by atoms with van der Waals surface area (Å²) < 4.78 is 12.5. The van der Waals surface area contributed by atoms with Crippen molar-refractivity contribution in [3.63, 3.8) is 0 Å². The van der Waals surface area contributed by atoms with E-state index >= 15 is 0 Å². The monoisotopic (exact) mass is 272 g/mol. The van der Waals surface area contributed by atoms with E-state index < -0.39 is 0 Å². The molecule has 1 saturated heterocycles. The Morgan fingerprint density at radius 3 is 2.25 bits per heavy atom. The van der Waals surface area contributed by atoms with Gasteiger partial charge in [-0.3, -0.25) is 0 Å². The average molecular weight is 272 g/mol. The molecule has 0 bridgehead atoms. The fraction of sp³-hybridized carbons (Fsp3) is 0.647. The first-order valence-corrected chi connectivity index (χ1v) is 7.74. The summed E-state index contributed by atoms with van der Waals surface area (Å²) in [5.74, 6) is 0.873. The van der Waals surface area contributed by atoms with Crippen LogP contribution in [0.5, 0.6) is 0 Å². The molecule has 2 nitrogen and oxygen atoms in total. The van der Waals surface area contributed by atoms with Gasteiger partial charge >= 0.3 is 7.12 Å². The second kappa shape index (κ2) is 4.61. The van der Waals surface area contributed by atoms with E-state index in [0.717, 1.165) is 5.92 Å². The lowest BCUT2D eigenvalue weighted by molar-refractivity contribution is 0.00578. The van der Waals surface area contributed by atoms with Gasteiger partial charge in [-0.1, -0.05) is 23.8 Å². The van der Waals surface area contributed by atoms with Gasteiger partial charge in [0.2, 0.25) is 0 Å². The third-order valence-electron chi connectivity index (χ3n) is 5.11. The van der Waals surface area contributed by atoms with Gasteiger partial charge in [-0.05, 0) is 70.8 Å². The molecule has 0 spiro atoms. The molecule has 1 aliphatic carbocycles. The fourth-order valence-electron chi connectivity index (χ4n) is 2.85. The van der Waals surface area contributed by atoms with Crippen LogP contribution in [0.1, 0.15) is 51.7 Å². The molecule has 0 N–H and O–H groups in total. The molecule has 20 heavy (non-hydrogen) atoms. The van der Waals surface area contributed by atoms with Crippen molar-refractivity contribution in [1.29, 1.82) is 0 Å². The molecular weight excluding hydrogens is 247 g/mol. The topological polar surface area (TPSA) is 18.5 Å². The van der Waals surface area contributed by atoms with E-state index in [2.05, 4.69) is 52.8 Å². The zero-order valence-electron chi connectivity index (χ0n) is 13.3. The highest BCUT2D eigenvalue weighted by atomic mass is 16.7. The molecule has 1 aliphatic heterocycles. The Bertz CT molecular complexity index is 502. The molecule has 0 aromatic heterocycles. The zero-order chi connectivity index (χ0) is 14.5. The van der Waals surface area contributed by atoms with Crippen LogP contribution >= 0.6 is 0 Å². The summed E-state index contributed by atoms with van der Waals surface area (Å²) in [5, 5.41) is 0. The largest absolute Gasteiger partial charge is 0.495 e. The molecule has 0 radical (unpaired) electrons. The van der Waals surface area contributed by atoms with Gasteiger partial charge in [0.15, 0.2) is 0 Å². The lowest BCUT2D eigenvalue weighted by atomic mass is 9.72. The maximum Gasteiger partial charge on any atom is 0.495 e. The Morgan fingerprint density at radius 2 is 1.70 bits per heavy atom. The second-order valence-corrected chi connectivity index (χ2v) is 7.38. The van der Waals surface area contributed by atoms with Crippen LogP contribution < -0.4 is 5.46 Å². The maximum absolute atomic E-state index is 6.25. The van der Waals surface area contributed by atoms with Crippen LogP contribution in [-0.4, -0.2) is 18.3 Å². The van der Waals surface area contributed by atoms with Gasteiger partial charge in [0.05, 0.1) is 11.2 Å². The molecule has 2 fully saturated rings. The van der Waals surface area contributed by atoms with Crippen molar-refractivity contribution in [3.8, 4) is 0 Å².